The summed E-state index contributed by atoms with van der Waals surface area (Å²) in [6.07, 6.45) is -2.40. The maximum atomic E-state index is 13.3. The van der Waals surface area contributed by atoms with Crippen LogP contribution >= 0.6 is 23.2 Å². The number of halogens is 5. The van der Waals surface area contributed by atoms with Gasteiger partial charge in [-0.1, -0.05) is 23.2 Å². The third kappa shape index (κ3) is 7.28. The number of nitrogens with one attached hydrogen (secondary N) is 1. The number of anilines is 1. The van der Waals surface area contributed by atoms with Crippen molar-refractivity contribution in [2.45, 2.75) is 50.6 Å². The highest BCUT2D eigenvalue weighted by atomic mass is 35.5. The molecule has 3 aromatic rings. The molecule has 2 fully saturated rings. The molecule has 0 bridgehead atoms. The van der Waals surface area contributed by atoms with E-state index in [1.165, 1.54) is 6.07 Å². The van der Waals surface area contributed by atoms with E-state index >= 15 is 0 Å². The predicted molar refractivity (Wildman–Crippen MR) is 152 cm³/mol. The number of rotatable bonds is 8. The lowest BCUT2D eigenvalue weighted by Crippen LogP contribution is -2.49. The molecule has 2 heterocycles. The van der Waals surface area contributed by atoms with Gasteiger partial charge in [0, 0.05) is 54.4 Å². The molecule has 1 saturated heterocycles. The molecule has 0 radical (unpaired) electrons. The number of fused-ring (bicyclic) bond motifs is 1. The Labute approximate surface area is 249 Å². The summed E-state index contributed by atoms with van der Waals surface area (Å²) in [6, 6.07) is 8.21. The number of nitro groups is 1. The lowest BCUT2D eigenvalue weighted by Gasteiger charge is -2.35. The Morgan fingerprint density at radius 3 is 2.45 bits per heavy atom. The van der Waals surface area contributed by atoms with Crippen LogP contribution < -0.4 is 5.32 Å². The number of furan rings is 1. The molecule has 1 aliphatic heterocycles. The summed E-state index contributed by atoms with van der Waals surface area (Å²) in [5.41, 5.74) is -1.47. The van der Waals surface area contributed by atoms with Crippen molar-refractivity contribution in [3.8, 4) is 0 Å². The number of nitro benzene ring substituents is 1. The molecule has 2 aliphatic rings. The fourth-order valence-electron chi connectivity index (χ4n) is 5.48. The molecule has 1 amide bonds. The second-order valence-electron chi connectivity index (χ2n) is 10.6. The minimum Gasteiger partial charge on any atom is -0.458 e. The highest BCUT2D eigenvalue weighted by Crippen LogP contribution is 2.38. The Bertz CT molecular complexity index is 1450. The predicted octanol–water partition coefficient (Wildman–Crippen LogP) is 6.75. The van der Waals surface area contributed by atoms with Gasteiger partial charge in [-0.25, -0.2) is 0 Å². The van der Waals surface area contributed by atoms with Gasteiger partial charge in [-0.15, -0.1) is 0 Å². The van der Waals surface area contributed by atoms with Crippen LogP contribution in [0.25, 0.3) is 11.0 Å². The van der Waals surface area contributed by atoms with Crippen LogP contribution in [0.4, 0.5) is 24.5 Å². The highest BCUT2D eigenvalue weighted by Gasteiger charge is 2.38. The average Bonchev–Trinajstić information content (AvgIpc) is 3.35. The van der Waals surface area contributed by atoms with Crippen LogP contribution in [0.2, 0.25) is 10.0 Å². The number of piperazine rings is 1. The SMILES string of the molecule is O=C(COC1CCC(Nc2ccc([N+](=O)[O-])c(C(F)(F)F)c2)CC1)N1CCN(Cc2cc3cc(Cl)cc(Cl)c3o2)CC1. The van der Waals surface area contributed by atoms with E-state index in [1.807, 2.05) is 6.07 Å². The number of hydrogen-bond donors (Lipinski definition) is 1. The third-order valence-electron chi connectivity index (χ3n) is 7.68. The summed E-state index contributed by atoms with van der Waals surface area (Å²) in [5.74, 6) is 0.697. The maximum absolute atomic E-state index is 13.3. The van der Waals surface area contributed by atoms with Gasteiger partial charge in [-0.05, 0) is 56.0 Å². The van der Waals surface area contributed by atoms with E-state index in [2.05, 4.69) is 10.2 Å². The summed E-state index contributed by atoms with van der Waals surface area (Å²) in [5, 5.41) is 15.9. The first-order valence-electron chi connectivity index (χ1n) is 13.6. The van der Waals surface area contributed by atoms with Crippen molar-refractivity contribution in [3.63, 3.8) is 0 Å². The number of benzene rings is 2. The second-order valence-corrected chi connectivity index (χ2v) is 11.4. The lowest BCUT2D eigenvalue weighted by atomic mass is 9.92. The molecule has 0 atom stereocenters. The van der Waals surface area contributed by atoms with Gasteiger partial charge in [0.2, 0.25) is 5.91 Å². The topological polar surface area (TPSA) is 101 Å². The number of ether oxygens (including phenoxy) is 1. The summed E-state index contributed by atoms with van der Waals surface area (Å²) in [6.45, 7) is 3.08. The summed E-state index contributed by atoms with van der Waals surface area (Å²) in [4.78, 5) is 26.7. The normalized spacial score (nSPS) is 20.2. The Kier molecular flexibility index (Phi) is 9.17. The van der Waals surface area contributed by atoms with Crippen LogP contribution in [0.5, 0.6) is 0 Å². The Morgan fingerprint density at radius 2 is 1.79 bits per heavy atom. The fourth-order valence-corrected chi connectivity index (χ4v) is 6.03. The van der Waals surface area contributed by atoms with Crippen molar-refractivity contribution >= 4 is 51.5 Å². The van der Waals surface area contributed by atoms with Crippen molar-refractivity contribution in [1.29, 1.82) is 0 Å². The molecule has 1 aromatic heterocycles. The fraction of sp³-hybridized carbons (Fsp3) is 0.464. The second kappa shape index (κ2) is 12.7. The van der Waals surface area contributed by atoms with Crippen molar-refractivity contribution < 1.29 is 32.0 Å². The van der Waals surface area contributed by atoms with Crippen LogP contribution in [0.15, 0.2) is 40.8 Å². The molecule has 2 aromatic carbocycles. The van der Waals surface area contributed by atoms with Gasteiger partial charge in [-0.2, -0.15) is 13.2 Å². The van der Waals surface area contributed by atoms with Crippen LogP contribution in [0, 0.1) is 10.1 Å². The summed E-state index contributed by atoms with van der Waals surface area (Å²) in [7, 11) is 0. The number of carbonyl (C=O) groups is 1. The standard InChI is InChI=1S/C28H29Cl2F3N4O5/c29-18-11-17-12-22(42-27(17)24(30)13-18)15-35-7-9-36(10-8-35)26(38)16-41-21-4-1-19(2-5-21)34-20-3-6-25(37(39)40)23(14-20)28(31,32)33/h3,6,11-14,19,21,34H,1-2,4-5,7-10,15-16H2. The summed E-state index contributed by atoms with van der Waals surface area (Å²) >= 11 is 12.3. The van der Waals surface area contributed by atoms with Crippen molar-refractivity contribution in [2.75, 3.05) is 38.1 Å². The minimum atomic E-state index is -4.83. The first kappa shape index (κ1) is 30.4. The van der Waals surface area contributed by atoms with Crippen molar-refractivity contribution in [1.82, 2.24) is 9.80 Å². The van der Waals surface area contributed by atoms with Gasteiger partial charge < -0.3 is 19.4 Å². The van der Waals surface area contributed by atoms with Crippen LogP contribution in [-0.2, 0) is 22.3 Å². The number of hydrogen-bond acceptors (Lipinski definition) is 7. The molecular formula is C28H29Cl2F3N4O5. The van der Waals surface area contributed by atoms with Gasteiger partial charge in [0.25, 0.3) is 5.69 Å². The Morgan fingerprint density at radius 1 is 1.07 bits per heavy atom. The molecule has 1 N–H and O–H groups in total. The molecular weight excluding hydrogens is 600 g/mol. The van der Waals surface area contributed by atoms with E-state index < -0.39 is 22.4 Å². The number of carbonyl (C=O) groups excluding carboxylic acids is 1. The third-order valence-corrected chi connectivity index (χ3v) is 8.18. The van der Waals surface area contributed by atoms with E-state index in [9.17, 15) is 28.1 Å². The molecule has 14 heteroatoms. The lowest BCUT2D eigenvalue weighted by molar-refractivity contribution is -0.388. The molecule has 1 saturated carbocycles. The quantitative estimate of drug-likeness (QED) is 0.217. The van der Waals surface area contributed by atoms with Gasteiger partial charge in [0.15, 0.2) is 5.58 Å². The van der Waals surface area contributed by atoms with Crippen molar-refractivity contribution in [3.05, 3.63) is 67.9 Å². The Hall–Kier alpha value is -3.06. The maximum Gasteiger partial charge on any atom is 0.423 e. The minimum absolute atomic E-state index is 0.0249. The van der Waals surface area contributed by atoms with Gasteiger partial charge in [0.05, 0.1) is 22.6 Å². The molecule has 1 aliphatic carbocycles. The van der Waals surface area contributed by atoms with Crippen molar-refractivity contribution in [2.24, 2.45) is 0 Å². The molecule has 226 valence electrons. The first-order chi connectivity index (χ1) is 20.0. The molecule has 0 unspecified atom stereocenters. The zero-order valence-electron chi connectivity index (χ0n) is 22.5. The van der Waals surface area contributed by atoms with E-state index in [4.69, 9.17) is 32.4 Å². The first-order valence-corrected chi connectivity index (χ1v) is 14.3. The summed E-state index contributed by atoms with van der Waals surface area (Å²) < 4.78 is 51.6. The highest BCUT2D eigenvalue weighted by molar-refractivity contribution is 6.38. The zero-order chi connectivity index (χ0) is 30.0. The number of nitrogens with zero attached hydrogens (tertiary/aromatic N) is 3. The number of amides is 1. The monoisotopic (exact) mass is 628 g/mol. The zero-order valence-corrected chi connectivity index (χ0v) is 24.0. The molecule has 42 heavy (non-hydrogen) atoms. The van der Waals surface area contributed by atoms with E-state index in [0.29, 0.717) is 74.0 Å². The molecule has 9 nitrogen and oxygen atoms in total. The molecule has 5 rings (SSSR count). The van der Waals surface area contributed by atoms with Gasteiger partial charge >= 0.3 is 6.18 Å². The van der Waals surface area contributed by atoms with Gasteiger partial charge in [0.1, 0.15) is 17.9 Å². The Balaban J connectivity index is 1.03. The van der Waals surface area contributed by atoms with Gasteiger partial charge in [-0.3, -0.25) is 19.8 Å². The largest absolute Gasteiger partial charge is 0.458 e. The van der Waals surface area contributed by atoms with Crippen LogP contribution in [0.3, 0.4) is 0 Å². The molecule has 0 spiro atoms. The smallest absolute Gasteiger partial charge is 0.423 e. The number of alkyl halides is 3. The van der Waals surface area contributed by atoms with Crippen LogP contribution in [0.1, 0.15) is 37.0 Å². The van der Waals surface area contributed by atoms with E-state index in [-0.39, 0.29) is 30.3 Å². The van der Waals surface area contributed by atoms with E-state index in [1.54, 1.807) is 17.0 Å². The average molecular weight is 629 g/mol. The van der Waals surface area contributed by atoms with E-state index in [0.717, 1.165) is 23.3 Å². The van der Waals surface area contributed by atoms with Crippen LogP contribution in [-0.4, -0.2) is 65.6 Å².